The summed E-state index contributed by atoms with van der Waals surface area (Å²) in [7, 11) is 0. The molecule has 17 heavy (non-hydrogen) atoms. The Morgan fingerprint density at radius 1 is 0.941 bits per heavy atom. The summed E-state index contributed by atoms with van der Waals surface area (Å²) in [6.07, 6.45) is 1.19. The summed E-state index contributed by atoms with van der Waals surface area (Å²) in [4.78, 5) is 0. The molecule has 2 aromatic carbocycles. The average molecular weight is 224 g/mol. The Kier molecular flexibility index (Phi) is 3.63. The molecule has 0 bridgehead atoms. The van der Waals surface area contributed by atoms with Crippen LogP contribution in [0, 0.1) is 6.92 Å². The fraction of sp³-hybridized carbons (Fsp3) is 0.294. The van der Waals surface area contributed by atoms with E-state index in [1.54, 1.807) is 0 Å². The van der Waals surface area contributed by atoms with Crippen molar-refractivity contribution < 1.29 is 0 Å². The minimum atomic E-state index is 0.638. The van der Waals surface area contributed by atoms with Crippen LogP contribution < -0.4 is 0 Å². The molecule has 0 heteroatoms. The Morgan fingerprint density at radius 3 is 2.29 bits per heavy atom. The highest BCUT2D eigenvalue weighted by Gasteiger charge is 2.07. The van der Waals surface area contributed by atoms with Crippen molar-refractivity contribution in [2.24, 2.45) is 0 Å². The van der Waals surface area contributed by atoms with Gasteiger partial charge in [-0.05, 0) is 41.5 Å². The zero-order valence-corrected chi connectivity index (χ0v) is 10.9. The van der Waals surface area contributed by atoms with E-state index in [2.05, 4.69) is 69.3 Å². The lowest BCUT2D eigenvalue weighted by Gasteiger charge is -2.14. The Balaban J connectivity index is 2.44. The average Bonchev–Trinajstić information content (AvgIpc) is 2.39. The molecule has 0 radical (unpaired) electrons. The number of hydrogen-bond donors (Lipinski definition) is 0. The predicted molar refractivity (Wildman–Crippen MR) is 75.3 cm³/mol. The van der Waals surface area contributed by atoms with Gasteiger partial charge in [0.05, 0.1) is 0 Å². The van der Waals surface area contributed by atoms with Crippen molar-refractivity contribution in [3.63, 3.8) is 0 Å². The second-order valence-corrected chi connectivity index (χ2v) is 4.75. The topological polar surface area (TPSA) is 0 Å². The molecule has 0 aliphatic rings. The number of hydrogen-bond acceptors (Lipinski definition) is 0. The fourth-order valence-electron chi connectivity index (χ4n) is 2.20. The summed E-state index contributed by atoms with van der Waals surface area (Å²) in [5.41, 5.74) is 5.51. The van der Waals surface area contributed by atoms with Crippen LogP contribution in [-0.2, 0) is 0 Å². The maximum Gasteiger partial charge on any atom is -0.0181 e. The van der Waals surface area contributed by atoms with E-state index in [0.717, 1.165) is 0 Å². The standard InChI is InChI=1S/C17H20/c1-4-13(2)17-12-16(11-10-14(17)3)15-8-6-5-7-9-15/h5-13H,4H2,1-3H3. The number of rotatable bonds is 3. The van der Waals surface area contributed by atoms with Crippen LogP contribution in [0.25, 0.3) is 11.1 Å². The molecule has 0 N–H and O–H groups in total. The highest BCUT2D eigenvalue weighted by atomic mass is 14.1. The van der Waals surface area contributed by atoms with Crippen molar-refractivity contribution in [2.75, 3.05) is 0 Å². The third-order valence-electron chi connectivity index (χ3n) is 3.53. The summed E-state index contributed by atoms with van der Waals surface area (Å²) >= 11 is 0. The molecule has 0 amide bonds. The Bertz CT molecular complexity index is 483. The Morgan fingerprint density at radius 2 is 1.65 bits per heavy atom. The second kappa shape index (κ2) is 5.18. The first-order chi connectivity index (χ1) is 8.22. The van der Waals surface area contributed by atoms with Gasteiger partial charge in [0.15, 0.2) is 0 Å². The van der Waals surface area contributed by atoms with Gasteiger partial charge in [-0.25, -0.2) is 0 Å². The molecular weight excluding hydrogens is 204 g/mol. The quantitative estimate of drug-likeness (QED) is 0.674. The van der Waals surface area contributed by atoms with E-state index < -0.39 is 0 Å². The van der Waals surface area contributed by atoms with Gasteiger partial charge >= 0.3 is 0 Å². The molecule has 0 saturated carbocycles. The van der Waals surface area contributed by atoms with Crippen LogP contribution in [0.3, 0.4) is 0 Å². The number of aryl methyl sites for hydroxylation is 1. The van der Waals surface area contributed by atoms with Crippen LogP contribution in [-0.4, -0.2) is 0 Å². The lowest BCUT2D eigenvalue weighted by atomic mass is 9.91. The highest BCUT2D eigenvalue weighted by Crippen LogP contribution is 2.28. The smallest absolute Gasteiger partial charge is 0.0181 e. The van der Waals surface area contributed by atoms with Crippen molar-refractivity contribution in [3.05, 3.63) is 59.7 Å². The molecule has 0 heterocycles. The van der Waals surface area contributed by atoms with Crippen LogP contribution >= 0.6 is 0 Å². The van der Waals surface area contributed by atoms with Crippen LogP contribution in [0.15, 0.2) is 48.5 Å². The zero-order valence-electron chi connectivity index (χ0n) is 10.9. The van der Waals surface area contributed by atoms with E-state index in [9.17, 15) is 0 Å². The largest absolute Gasteiger partial charge is 0.0648 e. The first-order valence-electron chi connectivity index (χ1n) is 6.38. The van der Waals surface area contributed by atoms with Crippen molar-refractivity contribution in [3.8, 4) is 11.1 Å². The molecule has 1 unspecified atom stereocenters. The second-order valence-electron chi connectivity index (χ2n) is 4.75. The van der Waals surface area contributed by atoms with Gasteiger partial charge < -0.3 is 0 Å². The molecule has 88 valence electrons. The molecule has 0 fully saturated rings. The van der Waals surface area contributed by atoms with Crippen molar-refractivity contribution in [1.29, 1.82) is 0 Å². The third kappa shape index (κ3) is 2.58. The van der Waals surface area contributed by atoms with Crippen LogP contribution in [0.4, 0.5) is 0 Å². The molecular formula is C17H20. The Hall–Kier alpha value is -1.56. The minimum absolute atomic E-state index is 0.638. The normalized spacial score (nSPS) is 12.4. The third-order valence-corrected chi connectivity index (χ3v) is 3.53. The van der Waals surface area contributed by atoms with Gasteiger partial charge in [0.2, 0.25) is 0 Å². The van der Waals surface area contributed by atoms with E-state index in [0.29, 0.717) is 5.92 Å². The molecule has 0 spiro atoms. The molecule has 1 atom stereocenters. The summed E-state index contributed by atoms with van der Waals surface area (Å²) in [5, 5.41) is 0. The molecule has 0 nitrogen and oxygen atoms in total. The minimum Gasteiger partial charge on any atom is -0.0648 e. The lowest BCUT2D eigenvalue weighted by molar-refractivity contribution is 0.728. The fourth-order valence-corrected chi connectivity index (χ4v) is 2.20. The van der Waals surface area contributed by atoms with E-state index in [1.165, 1.54) is 28.7 Å². The molecule has 2 rings (SSSR count). The molecule has 0 aliphatic heterocycles. The van der Waals surface area contributed by atoms with E-state index >= 15 is 0 Å². The molecule has 0 saturated heterocycles. The summed E-state index contributed by atoms with van der Waals surface area (Å²) in [6.45, 7) is 6.76. The predicted octanol–water partition coefficient (Wildman–Crippen LogP) is 5.18. The van der Waals surface area contributed by atoms with Crippen LogP contribution in [0.1, 0.15) is 37.3 Å². The van der Waals surface area contributed by atoms with Gasteiger partial charge in [-0.3, -0.25) is 0 Å². The maximum absolute atomic E-state index is 2.35. The molecule has 0 aromatic heterocycles. The first kappa shape index (κ1) is 11.9. The lowest BCUT2D eigenvalue weighted by Crippen LogP contribution is -1.95. The van der Waals surface area contributed by atoms with Crippen molar-refractivity contribution >= 4 is 0 Å². The summed E-state index contributed by atoms with van der Waals surface area (Å²) in [5.74, 6) is 0.638. The van der Waals surface area contributed by atoms with Gasteiger partial charge in [0.25, 0.3) is 0 Å². The van der Waals surface area contributed by atoms with Crippen molar-refractivity contribution in [2.45, 2.75) is 33.1 Å². The van der Waals surface area contributed by atoms with Crippen LogP contribution in [0.5, 0.6) is 0 Å². The van der Waals surface area contributed by atoms with Gasteiger partial charge in [-0.15, -0.1) is 0 Å². The zero-order chi connectivity index (χ0) is 12.3. The first-order valence-corrected chi connectivity index (χ1v) is 6.38. The van der Waals surface area contributed by atoms with Gasteiger partial charge in [-0.2, -0.15) is 0 Å². The molecule has 2 aromatic rings. The van der Waals surface area contributed by atoms with Gasteiger partial charge in [-0.1, -0.05) is 62.4 Å². The van der Waals surface area contributed by atoms with Crippen LogP contribution in [0.2, 0.25) is 0 Å². The van der Waals surface area contributed by atoms with E-state index in [1.807, 2.05) is 0 Å². The summed E-state index contributed by atoms with van der Waals surface area (Å²) in [6, 6.07) is 17.4. The summed E-state index contributed by atoms with van der Waals surface area (Å²) < 4.78 is 0. The SMILES string of the molecule is CCC(C)c1cc(-c2ccccc2)ccc1C. The van der Waals surface area contributed by atoms with Gasteiger partial charge in [0.1, 0.15) is 0 Å². The monoisotopic (exact) mass is 224 g/mol. The molecule has 0 aliphatic carbocycles. The van der Waals surface area contributed by atoms with E-state index in [-0.39, 0.29) is 0 Å². The maximum atomic E-state index is 2.35. The number of benzene rings is 2. The van der Waals surface area contributed by atoms with Gasteiger partial charge in [0, 0.05) is 0 Å². The Labute approximate surface area is 104 Å². The van der Waals surface area contributed by atoms with Crippen molar-refractivity contribution in [1.82, 2.24) is 0 Å². The van der Waals surface area contributed by atoms with E-state index in [4.69, 9.17) is 0 Å². The highest BCUT2D eigenvalue weighted by molar-refractivity contribution is 5.65.